The van der Waals surface area contributed by atoms with Crippen LogP contribution in [0.3, 0.4) is 0 Å². The monoisotopic (exact) mass is 327 g/mol. The third kappa shape index (κ3) is 2.84. The Balaban J connectivity index is 1.50. The Hall–Kier alpha value is -2.27. The fourth-order valence-corrected chi connectivity index (χ4v) is 3.39. The maximum Gasteiger partial charge on any atom is 0.236 e. The van der Waals surface area contributed by atoms with Crippen molar-refractivity contribution in [2.75, 3.05) is 0 Å². The maximum atomic E-state index is 6.01. The van der Waals surface area contributed by atoms with Gasteiger partial charge in [0.15, 0.2) is 11.5 Å². The molecule has 0 saturated heterocycles. The molecule has 3 aromatic rings. The summed E-state index contributed by atoms with van der Waals surface area (Å²) in [5.74, 6) is 2.24. The number of ether oxygens (including phenoxy) is 2. The molecular weight excluding hydrogens is 310 g/mol. The second-order valence-electron chi connectivity index (χ2n) is 6.19. The molecule has 0 N–H and O–H groups in total. The highest BCUT2D eigenvalue weighted by atomic mass is 32.1. The van der Waals surface area contributed by atoms with Crippen molar-refractivity contribution in [2.45, 2.75) is 32.5 Å². The van der Waals surface area contributed by atoms with Crippen LogP contribution in [0.1, 0.15) is 25.1 Å². The van der Waals surface area contributed by atoms with E-state index in [2.05, 4.69) is 24.9 Å². The SMILES string of the molecule is CC1(C)Cc2cccc(OCc3coc(-c4cccs4)n3)c2O1. The van der Waals surface area contributed by atoms with E-state index in [9.17, 15) is 0 Å². The first-order chi connectivity index (χ1) is 11.1. The highest BCUT2D eigenvalue weighted by Crippen LogP contribution is 2.42. The Morgan fingerprint density at radius 2 is 2.17 bits per heavy atom. The van der Waals surface area contributed by atoms with Gasteiger partial charge in [-0.1, -0.05) is 18.2 Å². The molecule has 5 heteroatoms. The smallest absolute Gasteiger partial charge is 0.236 e. The Kier molecular flexibility index (Phi) is 3.38. The summed E-state index contributed by atoms with van der Waals surface area (Å²) in [7, 11) is 0. The Morgan fingerprint density at radius 3 is 3.00 bits per heavy atom. The third-order valence-corrected chi connectivity index (χ3v) is 4.57. The van der Waals surface area contributed by atoms with E-state index in [1.165, 1.54) is 5.56 Å². The van der Waals surface area contributed by atoms with Gasteiger partial charge in [-0.05, 0) is 31.4 Å². The summed E-state index contributed by atoms with van der Waals surface area (Å²) < 4.78 is 17.4. The zero-order chi connectivity index (χ0) is 15.9. The van der Waals surface area contributed by atoms with E-state index in [1.807, 2.05) is 29.6 Å². The van der Waals surface area contributed by atoms with Gasteiger partial charge in [0.05, 0.1) is 4.88 Å². The molecule has 0 bridgehead atoms. The van der Waals surface area contributed by atoms with Crippen molar-refractivity contribution in [2.24, 2.45) is 0 Å². The summed E-state index contributed by atoms with van der Waals surface area (Å²) in [5.41, 5.74) is 1.78. The fraction of sp³-hybridized carbons (Fsp3) is 0.278. The van der Waals surface area contributed by atoms with Crippen LogP contribution in [0, 0.1) is 0 Å². The van der Waals surface area contributed by atoms with E-state index in [4.69, 9.17) is 13.9 Å². The van der Waals surface area contributed by atoms with Gasteiger partial charge in [-0.25, -0.2) is 4.98 Å². The van der Waals surface area contributed by atoms with Crippen molar-refractivity contribution in [3.8, 4) is 22.3 Å². The summed E-state index contributed by atoms with van der Waals surface area (Å²) in [6.45, 7) is 4.53. The van der Waals surface area contributed by atoms with Gasteiger partial charge >= 0.3 is 0 Å². The molecule has 23 heavy (non-hydrogen) atoms. The largest absolute Gasteiger partial charge is 0.483 e. The molecule has 0 amide bonds. The summed E-state index contributed by atoms with van der Waals surface area (Å²) in [5, 5.41) is 2.00. The number of oxazole rings is 1. The summed E-state index contributed by atoms with van der Waals surface area (Å²) in [6.07, 6.45) is 2.54. The Labute approximate surface area is 138 Å². The lowest BCUT2D eigenvalue weighted by atomic mass is 10.0. The molecule has 1 aliphatic heterocycles. The molecular formula is C18H17NO3S. The number of fused-ring (bicyclic) bond motifs is 1. The zero-order valence-electron chi connectivity index (χ0n) is 13.0. The molecule has 0 unspecified atom stereocenters. The van der Waals surface area contributed by atoms with Crippen molar-refractivity contribution < 1.29 is 13.9 Å². The van der Waals surface area contributed by atoms with Gasteiger partial charge in [-0.15, -0.1) is 11.3 Å². The topological polar surface area (TPSA) is 44.5 Å². The standard InChI is InChI=1S/C18H17NO3S/c1-18(2)9-12-5-3-6-14(16(12)22-18)20-10-13-11-21-17(19-13)15-7-4-8-23-15/h3-8,11H,9-10H2,1-2H3. The summed E-state index contributed by atoms with van der Waals surface area (Å²) in [4.78, 5) is 5.48. The first-order valence-electron chi connectivity index (χ1n) is 7.53. The maximum absolute atomic E-state index is 6.01. The van der Waals surface area contributed by atoms with Crippen LogP contribution in [0.2, 0.25) is 0 Å². The minimum atomic E-state index is -0.179. The highest BCUT2D eigenvalue weighted by Gasteiger charge is 2.32. The molecule has 0 aliphatic carbocycles. The lowest BCUT2D eigenvalue weighted by Gasteiger charge is -2.18. The lowest BCUT2D eigenvalue weighted by molar-refractivity contribution is 0.131. The normalized spacial score (nSPS) is 15.2. The van der Waals surface area contributed by atoms with Gasteiger partial charge in [0.2, 0.25) is 5.89 Å². The lowest BCUT2D eigenvalue weighted by Crippen LogP contribution is -2.24. The molecule has 4 nitrogen and oxygen atoms in total. The van der Waals surface area contributed by atoms with Crippen LogP contribution in [-0.2, 0) is 13.0 Å². The number of aromatic nitrogens is 1. The highest BCUT2D eigenvalue weighted by molar-refractivity contribution is 7.13. The van der Waals surface area contributed by atoms with Gasteiger partial charge in [-0.3, -0.25) is 0 Å². The average molecular weight is 327 g/mol. The minimum Gasteiger partial charge on any atom is -0.483 e. The van der Waals surface area contributed by atoms with E-state index in [0.29, 0.717) is 12.5 Å². The molecule has 0 fully saturated rings. The molecule has 1 aromatic carbocycles. The second-order valence-corrected chi connectivity index (χ2v) is 7.14. The van der Waals surface area contributed by atoms with Gasteiger partial charge in [0.1, 0.15) is 24.2 Å². The number of rotatable bonds is 4. The quantitative estimate of drug-likeness (QED) is 0.697. The van der Waals surface area contributed by atoms with Crippen molar-refractivity contribution >= 4 is 11.3 Å². The molecule has 0 saturated carbocycles. The third-order valence-electron chi connectivity index (χ3n) is 3.71. The molecule has 0 spiro atoms. The van der Waals surface area contributed by atoms with Crippen LogP contribution in [-0.4, -0.2) is 10.6 Å². The van der Waals surface area contributed by atoms with Gasteiger partial charge in [0, 0.05) is 12.0 Å². The number of nitrogens with zero attached hydrogens (tertiary/aromatic N) is 1. The predicted octanol–water partition coefficient (Wildman–Crippen LogP) is 4.70. The zero-order valence-corrected chi connectivity index (χ0v) is 13.9. The van der Waals surface area contributed by atoms with Gasteiger partial charge in [0.25, 0.3) is 0 Å². The van der Waals surface area contributed by atoms with Crippen molar-refractivity contribution in [3.63, 3.8) is 0 Å². The molecule has 0 atom stereocenters. The molecule has 0 radical (unpaired) electrons. The minimum absolute atomic E-state index is 0.179. The van der Waals surface area contributed by atoms with Crippen molar-refractivity contribution in [1.29, 1.82) is 0 Å². The number of benzene rings is 1. The van der Waals surface area contributed by atoms with E-state index in [1.54, 1.807) is 17.6 Å². The van der Waals surface area contributed by atoms with Crippen LogP contribution in [0.4, 0.5) is 0 Å². The summed E-state index contributed by atoms with van der Waals surface area (Å²) >= 11 is 1.60. The molecule has 3 heterocycles. The van der Waals surface area contributed by atoms with E-state index in [-0.39, 0.29) is 5.60 Å². The number of hydrogen-bond acceptors (Lipinski definition) is 5. The Bertz CT molecular complexity index is 821. The predicted molar refractivity (Wildman–Crippen MR) is 89.0 cm³/mol. The van der Waals surface area contributed by atoms with E-state index < -0.39 is 0 Å². The second kappa shape index (κ2) is 5.42. The Morgan fingerprint density at radius 1 is 1.26 bits per heavy atom. The number of thiophene rings is 1. The first kappa shape index (κ1) is 14.3. The average Bonchev–Trinajstić information content (AvgIpc) is 3.22. The van der Waals surface area contributed by atoms with Crippen molar-refractivity contribution in [3.05, 3.63) is 53.2 Å². The molecule has 4 rings (SSSR count). The number of para-hydroxylation sites is 1. The van der Waals surface area contributed by atoms with Crippen LogP contribution < -0.4 is 9.47 Å². The van der Waals surface area contributed by atoms with Gasteiger partial charge in [-0.2, -0.15) is 0 Å². The molecule has 2 aromatic heterocycles. The molecule has 1 aliphatic rings. The number of hydrogen-bond donors (Lipinski definition) is 0. The first-order valence-corrected chi connectivity index (χ1v) is 8.41. The van der Waals surface area contributed by atoms with Crippen LogP contribution in [0.15, 0.2) is 46.4 Å². The van der Waals surface area contributed by atoms with Crippen LogP contribution in [0.25, 0.3) is 10.8 Å². The fourth-order valence-electron chi connectivity index (χ4n) is 2.74. The summed E-state index contributed by atoms with van der Waals surface area (Å²) in [6, 6.07) is 9.98. The van der Waals surface area contributed by atoms with E-state index in [0.717, 1.165) is 28.5 Å². The van der Waals surface area contributed by atoms with Crippen LogP contribution in [0.5, 0.6) is 11.5 Å². The van der Waals surface area contributed by atoms with E-state index >= 15 is 0 Å². The van der Waals surface area contributed by atoms with Gasteiger partial charge < -0.3 is 13.9 Å². The van der Waals surface area contributed by atoms with Crippen LogP contribution >= 0.6 is 11.3 Å². The van der Waals surface area contributed by atoms with Crippen molar-refractivity contribution in [1.82, 2.24) is 4.98 Å². The molecule has 118 valence electrons.